The molecule has 0 unspecified atom stereocenters. The Morgan fingerprint density at radius 1 is 1.08 bits per heavy atom. The standard InChI is InChI=1S/C16H19N3O6S/c1-10-15(11(2)25-17-10)26(23,24)19-5-3-18(4-6-19)16(22)12-7-13(20)9-14(21)8-12/h7-9,20-21H,3-6H2,1-2H3. The average Bonchev–Trinajstić information content (AvgIpc) is 2.92. The van der Waals surface area contributed by atoms with E-state index in [1.54, 1.807) is 13.8 Å². The van der Waals surface area contributed by atoms with Crippen molar-refractivity contribution in [3.05, 3.63) is 35.2 Å². The van der Waals surface area contributed by atoms with Crippen molar-refractivity contribution in [2.75, 3.05) is 26.2 Å². The number of aromatic hydroxyl groups is 2. The van der Waals surface area contributed by atoms with E-state index in [-0.39, 0.29) is 59.8 Å². The van der Waals surface area contributed by atoms with Crippen molar-refractivity contribution >= 4 is 15.9 Å². The van der Waals surface area contributed by atoms with Crippen LogP contribution in [0.3, 0.4) is 0 Å². The molecule has 1 saturated heterocycles. The van der Waals surface area contributed by atoms with Crippen molar-refractivity contribution in [1.29, 1.82) is 0 Å². The average molecular weight is 381 g/mol. The number of carbonyl (C=O) groups excluding carboxylic acids is 1. The molecule has 2 heterocycles. The molecule has 1 aromatic carbocycles. The number of aromatic nitrogens is 1. The molecular weight excluding hydrogens is 362 g/mol. The monoisotopic (exact) mass is 381 g/mol. The highest BCUT2D eigenvalue weighted by atomic mass is 32.2. The number of hydrogen-bond donors (Lipinski definition) is 2. The van der Waals surface area contributed by atoms with E-state index in [0.717, 1.165) is 6.07 Å². The summed E-state index contributed by atoms with van der Waals surface area (Å²) < 4.78 is 31.8. The second kappa shape index (κ2) is 6.61. The summed E-state index contributed by atoms with van der Waals surface area (Å²) in [4.78, 5) is 14.1. The molecule has 26 heavy (non-hydrogen) atoms. The predicted octanol–water partition coefficient (Wildman–Crippen LogP) is 0.849. The van der Waals surface area contributed by atoms with Gasteiger partial charge in [-0.1, -0.05) is 5.16 Å². The number of phenolic OH excluding ortho intramolecular Hbond substituents is 2. The van der Waals surface area contributed by atoms with E-state index in [1.807, 2.05) is 0 Å². The fraction of sp³-hybridized carbons (Fsp3) is 0.375. The third-order valence-electron chi connectivity index (χ3n) is 4.24. The Morgan fingerprint density at radius 3 is 2.15 bits per heavy atom. The Kier molecular flexibility index (Phi) is 4.63. The molecule has 2 N–H and O–H groups in total. The van der Waals surface area contributed by atoms with Crippen molar-refractivity contribution in [2.24, 2.45) is 0 Å². The van der Waals surface area contributed by atoms with E-state index in [2.05, 4.69) is 5.16 Å². The highest BCUT2D eigenvalue weighted by Gasteiger charge is 2.34. The Hall–Kier alpha value is -2.59. The quantitative estimate of drug-likeness (QED) is 0.807. The zero-order valence-corrected chi connectivity index (χ0v) is 15.2. The molecule has 0 spiro atoms. The zero-order valence-electron chi connectivity index (χ0n) is 14.3. The van der Waals surface area contributed by atoms with E-state index in [4.69, 9.17) is 4.52 Å². The van der Waals surface area contributed by atoms with Gasteiger partial charge in [-0.15, -0.1) is 0 Å². The van der Waals surface area contributed by atoms with E-state index < -0.39 is 10.0 Å². The van der Waals surface area contributed by atoms with Crippen LogP contribution in [0.15, 0.2) is 27.6 Å². The molecular formula is C16H19N3O6S. The number of sulfonamides is 1. The Morgan fingerprint density at radius 2 is 1.65 bits per heavy atom. The highest BCUT2D eigenvalue weighted by Crippen LogP contribution is 2.25. The minimum Gasteiger partial charge on any atom is -0.508 e. The van der Waals surface area contributed by atoms with Crippen LogP contribution in [0.2, 0.25) is 0 Å². The van der Waals surface area contributed by atoms with Crippen LogP contribution in [0.5, 0.6) is 11.5 Å². The first-order valence-corrected chi connectivity index (χ1v) is 9.39. The Labute approximate surface area is 150 Å². The van der Waals surface area contributed by atoms with Crippen LogP contribution >= 0.6 is 0 Å². The zero-order chi connectivity index (χ0) is 19.1. The number of phenols is 2. The summed E-state index contributed by atoms with van der Waals surface area (Å²) in [7, 11) is -3.75. The molecule has 1 aliphatic heterocycles. The normalized spacial score (nSPS) is 16.0. The molecule has 0 atom stereocenters. The summed E-state index contributed by atoms with van der Waals surface area (Å²) in [6.45, 7) is 3.75. The van der Waals surface area contributed by atoms with Crippen molar-refractivity contribution < 1.29 is 27.9 Å². The number of rotatable bonds is 3. The SMILES string of the molecule is Cc1noc(C)c1S(=O)(=O)N1CCN(C(=O)c2cc(O)cc(O)c2)CC1. The lowest BCUT2D eigenvalue weighted by Crippen LogP contribution is -2.50. The number of aryl methyl sites for hydroxylation is 2. The van der Waals surface area contributed by atoms with Crippen LogP contribution in [0.1, 0.15) is 21.8 Å². The van der Waals surface area contributed by atoms with Gasteiger partial charge in [-0.2, -0.15) is 4.31 Å². The predicted molar refractivity (Wildman–Crippen MR) is 90.4 cm³/mol. The third kappa shape index (κ3) is 3.25. The fourth-order valence-corrected chi connectivity index (χ4v) is 4.72. The number of amides is 1. The van der Waals surface area contributed by atoms with Crippen LogP contribution < -0.4 is 0 Å². The number of piperazine rings is 1. The van der Waals surface area contributed by atoms with Gasteiger partial charge in [0.05, 0.1) is 0 Å². The van der Waals surface area contributed by atoms with Gasteiger partial charge in [0.15, 0.2) is 5.76 Å². The van der Waals surface area contributed by atoms with Gasteiger partial charge in [0.25, 0.3) is 5.91 Å². The van der Waals surface area contributed by atoms with Crippen LogP contribution in [0, 0.1) is 13.8 Å². The molecule has 1 amide bonds. The number of carbonyl (C=O) groups is 1. The minimum atomic E-state index is -3.75. The van der Waals surface area contributed by atoms with Crippen LogP contribution in [-0.4, -0.2) is 65.1 Å². The number of benzene rings is 1. The lowest BCUT2D eigenvalue weighted by molar-refractivity contribution is 0.0697. The Balaban J connectivity index is 1.74. The van der Waals surface area contributed by atoms with E-state index in [9.17, 15) is 23.4 Å². The van der Waals surface area contributed by atoms with Gasteiger partial charge >= 0.3 is 0 Å². The first kappa shape index (κ1) is 18.2. The largest absolute Gasteiger partial charge is 0.508 e. The van der Waals surface area contributed by atoms with E-state index in [1.165, 1.54) is 21.3 Å². The van der Waals surface area contributed by atoms with Gasteiger partial charge in [-0.25, -0.2) is 8.42 Å². The van der Waals surface area contributed by atoms with Crippen LogP contribution in [-0.2, 0) is 10.0 Å². The second-order valence-corrected chi connectivity index (χ2v) is 7.96. The first-order valence-electron chi connectivity index (χ1n) is 7.95. The summed E-state index contributed by atoms with van der Waals surface area (Å²) in [5, 5.41) is 22.7. The van der Waals surface area contributed by atoms with E-state index >= 15 is 0 Å². The third-order valence-corrected chi connectivity index (χ3v) is 6.38. The topological polar surface area (TPSA) is 124 Å². The number of nitrogens with zero attached hydrogens (tertiary/aromatic N) is 3. The molecule has 0 aliphatic carbocycles. The maximum atomic E-state index is 12.8. The van der Waals surface area contributed by atoms with Crippen molar-refractivity contribution in [1.82, 2.24) is 14.4 Å². The molecule has 2 aromatic rings. The minimum absolute atomic E-state index is 0.0650. The molecule has 9 nitrogen and oxygen atoms in total. The summed E-state index contributed by atoms with van der Waals surface area (Å²) in [6.07, 6.45) is 0. The molecule has 0 saturated carbocycles. The number of hydrogen-bond acceptors (Lipinski definition) is 7. The van der Waals surface area contributed by atoms with Gasteiger partial charge in [0, 0.05) is 37.8 Å². The molecule has 1 aromatic heterocycles. The lowest BCUT2D eigenvalue weighted by atomic mass is 10.1. The molecule has 140 valence electrons. The van der Waals surface area contributed by atoms with Crippen LogP contribution in [0.4, 0.5) is 0 Å². The highest BCUT2D eigenvalue weighted by molar-refractivity contribution is 7.89. The summed E-state index contributed by atoms with van der Waals surface area (Å²) in [6, 6.07) is 3.65. The fourth-order valence-electron chi connectivity index (χ4n) is 3.00. The smallest absolute Gasteiger partial charge is 0.254 e. The van der Waals surface area contributed by atoms with Gasteiger partial charge < -0.3 is 19.6 Å². The molecule has 1 aliphatic rings. The lowest BCUT2D eigenvalue weighted by Gasteiger charge is -2.34. The van der Waals surface area contributed by atoms with E-state index in [0.29, 0.717) is 5.69 Å². The maximum Gasteiger partial charge on any atom is 0.254 e. The van der Waals surface area contributed by atoms with Gasteiger partial charge in [0.2, 0.25) is 10.0 Å². The molecule has 3 rings (SSSR count). The van der Waals surface area contributed by atoms with Crippen molar-refractivity contribution in [2.45, 2.75) is 18.7 Å². The van der Waals surface area contributed by atoms with Crippen molar-refractivity contribution in [3.63, 3.8) is 0 Å². The Bertz CT molecular complexity index is 905. The molecule has 0 bridgehead atoms. The summed E-state index contributed by atoms with van der Waals surface area (Å²) in [5.41, 5.74) is 0.445. The molecule has 1 fully saturated rings. The summed E-state index contributed by atoms with van der Waals surface area (Å²) >= 11 is 0. The molecule has 0 radical (unpaired) electrons. The van der Waals surface area contributed by atoms with Gasteiger partial charge in [-0.3, -0.25) is 4.79 Å². The summed E-state index contributed by atoms with van der Waals surface area (Å²) in [5.74, 6) is -0.581. The van der Waals surface area contributed by atoms with Crippen LogP contribution in [0.25, 0.3) is 0 Å². The van der Waals surface area contributed by atoms with Gasteiger partial charge in [-0.05, 0) is 26.0 Å². The second-order valence-electron chi connectivity index (χ2n) is 6.09. The van der Waals surface area contributed by atoms with Gasteiger partial charge in [0.1, 0.15) is 22.1 Å². The van der Waals surface area contributed by atoms with Crippen molar-refractivity contribution in [3.8, 4) is 11.5 Å². The first-order chi connectivity index (χ1) is 12.2. The maximum absolute atomic E-state index is 12.8. The molecule has 10 heteroatoms.